The number of rotatable bonds is 3. The van der Waals surface area contributed by atoms with Crippen molar-refractivity contribution in [2.75, 3.05) is 11.3 Å². The minimum absolute atomic E-state index is 0.0421. The molecule has 27 heavy (non-hydrogen) atoms. The summed E-state index contributed by atoms with van der Waals surface area (Å²) in [5, 5.41) is 36.2. The summed E-state index contributed by atoms with van der Waals surface area (Å²) in [6.45, 7) is 3.57. The highest BCUT2D eigenvalue weighted by Crippen LogP contribution is 2.61. The maximum Gasteiger partial charge on any atom is 0.378 e. The molecule has 0 bridgehead atoms. The van der Waals surface area contributed by atoms with E-state index in [0.717, 1.165) is 5.56 Å². The van der Waals surface area contributed by atoms with E-state index in [9.17, 15) is 15.2 Å². The average Bonchev–Trinajstić information content (AvgIpc) is 3.18. The number of fused-ring (bicyclic) bond motifs is 1. The van der Waals surface area contributed by atoms with Crippen LogP contribution in [0.25, 0.3) is 0 Å². The number of oxime groups is 2. The first-order valence-corrected chi connectivity index (χ1v) is 10.5. The van der Waals surface area contributed by atoms with Crippen molar-refractivity contribution in [3.05, 3.63) is 52.4 Å². The standard InChI is InChI=1S/C17H18N4O4S2/c1-3-25-17(22)27(14(18)12-10(2)9-26-15(12)21-27)16(20-24)13(19-23)11-7-5-4-6-8-11/h4-9,18,21,23-24H,3H2,1-2H3/b18-14?,19-13+,20-16-. The van der Waals surface area contributed by atoms with Crippen molar-refractivity contribution in [1.82, 2.24) is 0 Å². The molecular weight excluding hydrogens is 388 g/mol. The molecule has 142 valence electrons. The highest BCUT2D eigenvalue weighted by molar-refractivity contribution is 8.67. The minimum Gasteiger partial charge on any atom is -0.457 e. The average molecular weight is 406 g/mol. The highest BCUT2D eigenvalue weighted by atomic mass is 32.3. The summed E-state index contributed by atoms with van der Waals surface area (Å²) >= 11 is 1.35. The number of thiophene rings is 1. The maximum absolute atomic E-state index is 13.0. The fourth-order valence-electron chi connectivity index (χ4n) is 2.77. The SMILES string of the molecule is CCOC(=O)S1(C(=N\O)/C(=N/O)c2ccccc2)Nc2scc(C)c2C1=N. The van der Waals surface area contributed by atoms with Gasteiger partial charge in [-0.15, -0.1) is 11.3 Å². The molecule has 2 aromatic rings. The first-order valence-electron chi connectivity index (χ1n) is 7.96. The molecule has 0 spiro atoms. The number of nitrogens with zero attached hydrogens (tertiary/aromatic N) is 2. The molecule has 0 radical (unpaired) electrons. The zero-order chi connectivity index (χ0) is 19.6. The zero-order valence-electron chi connectivity index (χ0n) is 14.6. The second kappa shape index (κ2) is 7.41. The summed E-state index contributed by atoms with van der Waals surface area (Å²) in [7, 11) is -3.08. The quantitative estimate of drug-likeness (QED) is 0.198. The maximum atomic E-state index is 13.0. The largest absolute Gasteiger partial charge is 0.457 e. The topological polar surface area (TPSA) is 127 Å². The number of aryl methyl sites for hydroxylation is 1. The molecule has 1 aliphatic rings. The Morgan fingerprint density at radius 3 is 2.56 bits per heavy atom. The summed E-state index contributed by atoms with van der Waals surface area (Å²) in [4.78, 5) is 13.0. The molecule has 10 heteroatoms. The van der Waals surface area contributed by atoms with Crippen LogP contribution < -0.4 is 4.72 Å². The Hall–Kier alpha value is -2.85. The Kier molecular flexibility index (Phi) is 5.19. The van der Waals surface area contributed by atoms with Crippen LogP contribution in [0.15, 0.2) is 46.0 Å². The molecule has 0 fully saturated rings. The third-order valence-electron chi connectivity index (χ3n) is 4.00. The van der Waals surface area contributed by atoms with Crippen LogP contribution in [0.1, 0.15) is 23.6 Å². The lowest BCUT2D eigenvalue weighted by molar-refractivity contribution is 0.181. The van der Waals surface area contributed by atoms with Crippen LogP contribution in [0.3, 0.4) is 0 Å². The van der Waals surface area contributed by atoms with E-state index in [1.54, 1.807) is 37.3 Å². The summed E-state index contributed by atoms with van der Waals surface area (Å²) in [6.07, 6.45) is 0. The zero-order valence-corrected chi connectivity index (χ0v) is 16.2. The van der Waals surface area contributed by atoms with Crippen LogP contribution in [0.2, 0.25) is 0 Å². The third kappa shape index (κ3) is 2.86. The molecule has 1 aromatic heterocycles. The molecule has 1 aromatic carbocycles. The molecule has 0 saturated carbocycles. The monoisotopic (exact) mass is 406 g/mol. The van der Waals surface area contributed by atoms with Crippen molar-refractivity contribution in [3.63, 3.8) is 0 Å². The number of ether oxygens (including phenoxy) is 1. The Morgan fingerprint density at radius 2 is 2.00 bits per heavy atom. The minimum atomic E-state index is -3.08. The van der Waals surface area contributed by atoms with Crippen LogP contribution in [0.5, 0.6) is 0 Å². The second-order valence-corrected chi connectivity index (χ2v) is 9.01. The molecule has 3 rings (SSSR count). The van der Waals surface area contributed by atoms with E-state index in [1.165, 1.54) is 11.3 Å². The van der Waals surface area contributed by atoms with Gasteiger partial charge in [0, 0.05) is 21.3 Å². The number of hydrogen-bond donors (Lipinski definition) is 4. The van der Waals surface area contributed by atoms with Crippen molar-refractivity contribution < 1.29 is 19.9 Å². The molecule has 0 saturated heterocycles. The Labute approximate surface area is 161 Å². The predicted molar refractivity (Wildman–Crippen MR) is 108 cm³/mol. The van der Waals surface area contributed by atoms with E-state index in [2.05, 4.69) is 15.0 Å². The van der Waals surface area contributed by atoms with Crippen molar-refractivity contribution in [1.29, 1.82) is 5.41 Å². The van der Waals surface area contributed by atoms with Gasteiger partial charge < -0.3 is 19.9 Å². The lowest BCUT2D eigenvalue weighted by atomic mass is 10.1. The van der Waals surface area contributed by atoms with E-state index in [-0.39, 0.29) is 22.4 Å². The van der Waals surface area contributed by atoms with E-state index in [0.29, 0.717) is 16.1 Å². The van der Waals surface area contributed by atoms with E-state index < -0.39 is 15.5 Å². The number of nitrogens with one attached hydrogen (secondary N) is 2. The fraction of sp³-hybridized carbons (Fsp3) is 0.176. The predicted octanol–water partition coefficient (Wildman–Crippen LogP) is 4.35. The van der Waals surface area contributed by atoms with E-state index in [4.69, 9.17) is 10.1 Å². The number of carbonyl (C=O) groups excluding carboxylic acids is 1. The normalized spacial score (nSPS) is 21.9. The van der Waals surface area contributed by atoms with Crippen molar-refractivity contribution in [2.45, 2.75) is 13.8 Å². The molecule has 4 N–H and O–H groups in total. The highest BCUT2D eigenvalue weighted by Gasteiger charge is 2.53. The first-order chi connectivity index (χ1) is 13.0. The lowest BCUT2D eigenvalue weighted by Crippen LogP contribution is -2.35. The van der Waals surface area contributed by atoms with Gasteiger partial charge in [0.2, 0.25) is 0 Å². The summed E-state index contributed by atoms with van der Waals surface area (Å²) < 4.78 is 8.28. The van der Waals surface area contributed by atoms with E-state index >= 15 is 0 Å². The van der Waals surface area contributed by atoms with Crippen molar-refractivity contribution >= 4 is 47.7 Å². The van der Waals surface area contributed by atoms with Gasteiger partial charge in [0.25, 0.3) is 0 Å². The van der Waals surface area contributed by atoms with Crippen LogP contribution in [-0.4, -0.2) is 38.1 Å². The number of benzene rings is 1. The summed E-state index contributed by atoms with van der Waals surface area (Å²) in [5.41, 5.74) is 1.73. The molecule has 8 nitrogen and oxygen atoms in total. The number of carbonyl (C=O) groups is 1. The molecule has 1 atom stereocenters. The fourth-order valence-corrected chi connectivity index (χ4v) is 6.81. The van der Waals surface area contributed by atoms with Crippen LogP contribution in [-0.2, 0) is 4.74 Å². The molecule has 2 heterocycles. The molecule has 0 amide bonds. The smallest absolute Gasteiger partial charge is 0.378 e. The summed E-state index contributed by atoms with van der Waals surface area (Å²) in [6, 6.07) is 8.52. The van der Waals surface area contributed by atoms with Gasteiger partial charge in [-0.05, 0) is 24.8 Å². The number of hydrogen-bond acceptors (Lipinski definition) is 9. The lowest BCUT2D eigenvalue weighted by Gasteiger charge is -2.33. The first kappa shape index (κ1) is 18.9. The third-order valence-corrected chi connectivity index (χ3v) is 7.94. The van der Waals surface area contributed by atoms with Gasteiger partial charge in [0.15, 0.2) is 5.04 Å². The van der Waals surface area contributed by atoms with E-state index in [1.807, 2.05) is 12.3 Å². The van der Waals surface area contributed by atoms with Gasteiger partial charge >= 0.3 is 5.30 Å². The summed E-state index contributed by atoms with van der Waals surface area (Å²) in [5.74, 6) is 0. The van der Waals surface area contributed by atoms with Gasteiger partial charge in [-0.2, -0.15) is 0 Å². The van der Waals surface area contributed by atoms with Gasteiger partial charge in [0.1, 0.15) is 15.8 Å². The van der Waals surface area contributed by atoms with Crippen LogP contribution in [0.4, 0.5) is 9.80 Å². The van der Waals surface area contributed by atoms with Gasteiger partial charge in [-0.3, -0.25) is 5.41 Å². The Morgan fingerprint density at radius 1 is 1.30 bits per heavy atom. The molecule has 1 unspecified atom stereocenters. The van der Waals surface area contributed by atoms with Gasteiger partial charge in [-0.1, -0.05) is 40.6 Å². The van der Waals surface area contributed by atoms with Crippen LogP contribution >= 0.6 is 21.6 Å². The van der Waals surface area contributed by atoms with Crippen molar-refractivity contribution in [3.8, 4) is 0 Å². The van der Waals surface area contributed by atoms with Gasteiger partial charge in [0.05, 0.1) is 6.61 Å². The molecule has 1 aliphatic heterocycles. The molecular formula is C17H18N4O4S2. The van der Waals surface area contributed by atoms with Crippen molar-refractivity contribution in [2.24, 2.45) is 10.3 Å². The van der Waals surface area contributed by atoms with Crippen LogP contribution in [0, 0.1) is 12.3 Å². The van der Waals surface area contributed by atoms with Gasteiger partial charge in [-0.25, -0.2) is 4.79 Å². The molecule has 0 aliphatic carbocycles. The Balaban J connectivity index is 2.20. The second-order valence-electron chi connectivity index (χ2n) is 5.57. The Bertz CT molecular complexity index is 955. The number of anilines is 1.